The van der Waals surface area contributed by atoms with Gasteiger partial charge in [-0.2, -0.15) is 0 Å². The predicted molar refractivity (Wildman–Crippen MR) is 135 cm³/mol. The summed E-state index contributed by atoms with van der Waals surface area (Å²) in [7, 11) is -0.638. The molecule has 0 bridgehead atoms. The fourth-order valence-electron chi connectivity index (χ4n) is 3.11. The van der Waals surface area contributed by atoms with Gasteiger partial charge in [0.15, 0.2) is 18.1 Å². The van der Waals surface area contributed by atoms with E-state index in [0.717, 1.165) is 5.56 Å². The van der Waals surface area contributed by atoms with Crippen molar-refractivity contribution < 1.29 is 27.4 Å². The summed E-state index contributed by atoms with van der Waals surface area (Å²) in [6.45, 7) is -0.113. The molecule has 0 heterocycles. The van der Waals surface area contributed by atoms with Gasteiger partial charge in [-0.1, -0.05) is 35.3 Å². The normalized spacial score (nSPS) is 11.1. The van der Waals surface area contributed by atoms with E-state index in [9.17, 15) is 13.2 Å². The number of ether oxygens (including phenoxy) is 3. The van der Waals surface area contributed by atoms with Gasteiger partial charge in [0.2, 0.25) is 10.0 Å². The second kappa shape index (κ2) is 12.1. The van der Waals surface area contributed by atoms with Crippen LogP contribution in [0.15, 0.2) is 65.6 Å². The first-order chi connectivity index (χ1) is 16.7. The third-order valence-electron chi connectivity index (χ3n) is 4.88. The molecule has 0 saturated heterocycles. The number of anilines is 1. The van der Waals surface area contributed by atoms with Gasteiger partial charge in [0.25, 0.3) is 5.91 Å². The number of carbonyl (C=O) groups is 1. The lowest BCUT2D eigenvalue weighted by molar-refractivity contribution is -0.118. The molecule has 0 aromatic heterocycles. The molecule has 2 N–H and O–H groups in total. The van der Waals surface area contributed by atoms with Gasteiger partial charge in [-0.3, -0.25) is 4.79 Å². The summed E-state index contributed by atoms with van der Waals surface area (Å²) in [4.78, 5) is 12.2. The molecule has 1 amide bonds. The van der Waals surface area contributed by atoms with Crippen LogP contribution in [-0.4, -0.2) is 41.7 Å². The lowest BCUT2D eigenvalue weighted by Crippen LogP contribution is -2.26. The number of sulfonamides is 1. The first kappa shape index (κ1) is 26.6. The van der Waals surface area contributed by atoms with Crippen molar-refractivity contribution >= 4 is 44.8 Å². The second-order valence-corrected chi connectivity index (χ2v) is 9.82. The minimum absolute atomic E-state index is 0.0736. The number of hydrogen-bond donors (Lipinski definition) is 2. The Balaban J connectivity index is 1.52. The van der Waals surface area contributed by atoms with E-state index in [2.05, 4.69) is 10.0 Å². The SMILES string of the molecule is COc1ccc(CCNS(=O)(=O)c2ccc(OCC(=O)Nc3c(Cl)cccc3Cl)cc2)cc1OC. The number of para-hydroxylation sites is 1. The van der Waals surface area contributed by atoms with E-state index in [1.807, 2.05) is 6.07 Å². The van der Waals surface area contributed by atoms with Gasteiger partial charge in [0.05, 0.1) is 34.8 Å². The molecule has 0 atom stereocenters. The average Bonchev–Trinajstić information content (AvgIpc) is 2.85. The second-order valence-electron chi connectivity index (χ2n) is 7.24. The summed E-state index contributed by atoms with van der Waals surface area (Å²) < 4.78 is 43.7. The molecule has 0 unspecified atom stereocenters. The Hall–Kier alpha value is -2.98. The Morgan fingerprint density at radius 2 is 1.57 bits per heavy atom. The van der Waals surface area contributed by atoms with Crippen LogP contribution >= 0.6 is 23.2 Å². The first-order valence-corrected chi connectivity index (χ1v) is 12.6. The van der Waals surface area contributed by atoms with Crippen molar-refractivity contribution in [2.45, 2.75) is 11.3 Å². The zero-order chi connectivity index (χ0) is 25.4. The van der Waals surface area contributed by atoms with Gasteiger partial charge in [-0.15, -0.1) is 0 Å². The van der Waals surface area contributed by atoms with E-state index >= 15 is 0 Å². The molecule has 3 rings (SSSR count). The molecule has 8 nitrogen and oxygen atoms in total. The van der Waals surface area contributed by atoms with Crippen molar-refractivity contribution in [2.75, 3.05) is 32.7 Å². The minimum atomic E-state index is -3.73. The van der Waals surface area contributed by atoms with Crippen LogP contribution in [0, 0.1) is 0 Å². The third-order valence-corrected chi connectivity index (χ3v) is 6.99. The quantitative estimate of drug-likeness (QED) is 0.371. The molecule has 0 aliphatic rings. The maximum absolute atomic E-state index is 12.6. The van der Waals surface area contributed by atoms with Gasteiger partial charge < -0.3 is 19.5 Å². The van der Waals surface area contributed by atoms with Gasteiger partial charge in [-0.05, 0) is 60.5 Å². The molecule has 0 aliphatic heterocycles. The number of rotatable bonds is 11. The van der Waals surface area contributed by atoms with Gasteiger partial charge in [-0.25, -0.2) is 13.1 Å². The highest BCUT2D eigenvalue weighted by atomic mass is 35.5. The first-order valence-electron chi connectivity index (χ1n) is 10.4. The number of methoxy groups -OCH3 is 2. The monoisotopic (exact) mass is 538 g/mol. The lowest BCUT2D eigenvalue weighted by atomic mass is 10.1. The Morgan fingerprint density at radius 3 is 2.20 bits per heavy atom. The van der Waals surface area contributed by atoms with Gasteiger partial charge in [0, 0.05) is 6.54 Å². The molecule has 186 valence electrons. The molecular weight excluding hydrogens is 515 g/mol. The summed E-state index contributed by atoms with van der Waals surface area (Å²) in [5, 5.41) is 3.20. The molecular formula is C24H24Cl2N2O6S. The summed E-state index contributed by atoms with van der Waals surface area (Å²) in [6.07, 6.45) is 0.464. The Bertz CT molecular complexity index is 1260. The van der Waals surface area contributed by atoms with Crippen molar-refractivity contribution in [1.82, 2.24) is 4.72 Å². The number of halogens is 2. The highest BCUT2D eigenvalue weighted by Crippen LogP contribution is 2.30. The molecule has 35 heavy (non-hydrogen) atoms. The Morgan fingerprint density at radius 1 is 0.914 bits per heavy atom. The van der Waals surface area contributed by atoms with Crippen molar-refractivity contribution in [1.29, 1.82) is 0 Å². The zero-order valence-electron chi connectivity index (χ0n) is 19.0. The molecule has 0 fully saturated rings. The van der Waals surface area contributed by atoms with Gasteiger partial charge in [0.1, 0.15) is 5.75 Å². The maximum Gasteiger partial charge on any atom is 0.262 e. The highest BCUT2D eigenvalue weighted by Gasteiger charge is 2.15. The van der Waals surface area contributed by atoms with Crippen molar-refractivity contribution in [3.8, 4) is 17.2 Å². The number of amides is 1. The summed E-state index contributed by atoms with van der Waals surface area (Å²) in [5.74, 6) is 1.04. The average molecular weight is 539 g/mol. The van der Waals surface area contributed by atoms with E-state index in [4.69, 9.17) is 37.4 Å². The van der Waals surface area contributed by atoms with Crippen LogP contribution in [0.25, 0.3) is 0 Å². The number of benzene rings is 3. The van der Waals surface area contributed by atoms with Crippen molar-refractivity contribution in [3.05, 3.63) is 76.3 Å². The number of carbonyl (C=O) groups excluding carboxylic acids is 1. The summed E-state index contributed by atoms with van der Waals surface area (Å²) >= 11 is 12.1. The Kier molecular flexibility index (Phi) is 9.22. The Labute approximate surface area is 214 Å². The fourth-order valence-corrected chi connectivity index (χ4v) is 4.63. The predicted octanol–water partition coefficient (Wildman–Crippen LogP) is 4.55. The van der Waals surface area contributed by atoms with Crippen LogP contribution in [-0.2, 0) is 21.2 Å². The van der Waals surface area contributed by atoms with Crippen LogP contribution in [0.1, 0.15) is 5.56 Å². The number of nitrogens with one attached hydrogen (secondary N) is 2. The topological polar surface area (TPSA) is 103 Å². The van der Waals surface area contributed by atoms with Crippen LogP contribution in [0.5, 0.6) is 17.2 Å². The van der Waals surface area contributed by atoms with E-state index in [-0.39, 0.29) is 18.0 Å². The standard InChI is InChI=1S/C24H24Cl2N2O6S/c1-32-21-11-6-16(14-22(21)33-2)12-13-27-35(30,31)18-9-7-17(8-10-18)34-15-23(29)28-24-19(25)4-3-5-20(24)26/h3-11,14,27H,12-13,15H2,1-2H3,(H,28,29). The van der Waals surface area contributed by atoms with Crippen LogP contribution in [0.4, 0.5) is 5.69 Å². The third kappa shape index (κ3) is 7.25. The van der Waals surface area contributed by atoms with Crippen LogP contribution in [0.2, 0.25) is 10.0 Å². The highest BCUT2D eigenvalue weighted by molar-refractivity contribution is 7.89. The molecule has 0 aliphatic carbocycles. The van der Waals surface area contributed by atoms with Crippen LogP contribution in [0.3, 0.4) is 0 Å². The van der Waals surface area contributed by atoms with E-state index < -0.39 is 15.9 Å². The van der Waals surface area contributed by atoms with E-state index in [0.29, 0.717) is 39.4 Å². The van der Waals surface area contributed by atoms with Crippen LogP contribution < -0.4 is 24.2 Å². The van der Waals surface area contributed by atoms with Crippen molar-refractivity contribution in [3.63, 3.8) is 0 Å². The molecule has 3 aromatic rings. The van der Waals surface area contributed by atoms with E-state index in [1.165, 1.54) is 24.3 Å². The van der Waals surface area contributed by atoms with E-state index in [1.54, 1.807) is 44.6 Å². The zero-order valence-corrected chi connectivity index (χ0v) is 21.3. The van der Waals surface area contributed by atoms with Gasteiger partial charge >= 0.3 is 0 Å². The maximum atomic E-state index is 12.6. The summed E-state index contributed by atoms with van der Waals surface area (Å²) in [6, 6.07) is 16.0. The summed E-state index contributed by atoms with van der Waals surface area (Å²) in [5.41, 5.74) is 1.19. The molecule has 0 spiro atoms. The number of hydrogen-bond acceptors (Lipinski definition) is 6. The fraction of sp³-hybridized carbons (Fsp3) is 0.208. The van der Waals surface area contributed by atoms with Crippen molar-refractivity contribution in [2.24, 2.45) is 0 Å². The minimum Gasteiger partial charge on any atom is -0.493 e. The molecule has 0 saturated carbocycles. The molecule has 11 heteroatoms. The molecule has 3 aromatic carbocycles. The largest absolute Gasteiger partial charge is 0.493 e. The lowest BCUT2D eigenvalue weighted by Gasteiger charge is -2.11. The molecule has 0 radical (unpaired) electrons. The smallest absolute Gasteiger partial charge is 0.262 e.